The van der Waals surface area contributed by atoms with E-state index in [1.807, 2.05) is 0 Å². The van der Waals surface area contributed by atoms with Crippen LogP contribution in [-0.4, -0.2) is 16.0 Å². The minimum atomic E-state index is -0.597. The summed E-state index contributed by atoms with van der Waals surface area (Å²) in [6, 6.07) is 2.82. The van der Waals surface area contributed by atoms with Crippen molar-refractivity contribution in [2.75, 3.05) is 11.1 Å². The maximum atomic E-state index is 11.5. The highest BCUT2D eigenvalue weighted by atomic mass is 79.9. The van der Waals surface area contributed by atoms with Crippen molar-refractivity contribution in [2.45, 2.75) is 6.92 Å². The summed E-state index contributed by atoms with van der Waals surface area (Å²) in [7, 11) is 0. The lowest BCUT2D eigenvalue weighted by Gasteiger charge is -2.06. The summed E-state index contributed by atoms with van der Waals surface area (Å²) in [4.78, 5) is 21.5. The molecule has 0 fully saturated rings. The van der Waals surface area contributed by atoms with Gasteiger partial charge in [-0.1, -0.05) is 22.0 Å². The number of alkyl halides is 1. The van der Waals surface area contributed by atoms with Crippen molar-refractivity contribution < 1.29 is 9.72 Å². The highest BCUT2D eigenvalue weighted by Gasteiger charge is 2.20. The fourth-order valence-electron chi connectivity index (χ4n) is 1.31. The summed E-state index contributed by atoms with van der Waals surface area (Å²) in [5, 5.41) is 10.7. The van der Waals surface area contributed by atoms with E-state index < -0.39 is 4.92 Å². The number of carbonyl (C=O) groups excluding carboxylic acids is 1. The SMILES string of the molecule is Cc1ccc([N+](=O)[O-])c(N)c1C(=O)CBr. The Bertz CT molecular complexity index is 432. The zero-order valence-corrected chi connectivity index (χ0v) is 9.58. The number of hydrogen-bond donors (Lipinski definition) is 1. The number of nitrogen functional groups attached to an aromatic ring is 1. The largest absolute Gasteiger partial charge is 0.393 e. The molecular formula is C9H9BrN2O3. The number of carbonyl (C=O) groups is 1. The lowest BCUT2D eigenvalue weighted by molar-refractivity contribution is -0.383. The summed E-state index contributed by atoms with van der Waals surface area (Å²) in [6.45, 7) is 1.69. The topological polar surface area (TPSA) is 86.2 Å². The van der Waals surface area contributed by atoms with Gasteiger partial charge in [-0.15, -0.1) is 0 Å². The molecule has 0 heterocycles. The van der Waals surface area contributed by atoms with Crippen LogP contribution in [0.5, 0.6) is 0 Å². The summed E-state index contributed by atoms with van der Waals surface area (Å²) < 4.78 is 0. The van der Waals surface area contributed by atoms with E-state index in [4.69, 9.17) is 5.73 Å². The predicted molar refractivity (Wildman–Crippen MR) is 60.4 cm³/mol. The Kier molecular flexibility index (Phi) is 3.41. The Morgan fingerprint density at radius 1 is 1.60 bits per heavy atom. The van der Waals surface area contributed by atoms with Crippen LogP contribution in [-0.2, 0) is 0 Å². The number of ketones is 1. The van der Waals surface area contributed by atoms with Crippen LogP contribution < -0.4 is 5.73 Å². The van der Waals surface area contributed by atoms with Gasteiger partial charge in [-0.05, 0) is 12.5 Å². The molecule has 1 rings (SSSR count). The minimum Gasteiger partial charge on any atom is -0.393 e. The molecule has 0 aliphatic heterocycles. The number of rotatable bonds is 3. The van der Waals surface area contributed by atoms with Gasteiger partial charge in [0, 0.05) is 6.07 Å². The van der Waals surface area contributed by atoms with Gasteiger partial charge in [0.25, 0.3) is 5.69 Å². The fraction of sp³-hybridized carbons (Fsp3) is 0.222. The minimum absolute atomic E-state index is 0.0653. The Morgan fingerprint density at radius 3 is 2.67 bits per heavy atom. The van der Waals surface area contributed by atoms with Gasteiger partial charge in [-0.3, -0.25) is 14.9 Å². The molecule has 0 radical (unpaired) electrons. The highest BCUT2D eigenvalue weighted by molar-refractivity contribution is 9.09. The average molecular weight is 273 g/mol. The van der Waals surface area contributed by atoms with Gasteiger partial charge >= 0.3 is 0 Å². The first-order valence-electron chi connectivity index (χ1n) is 4.11. The molecule has 5 nitrogen and oxygen atoms in total. The van der Waals surface area contributed by atoms with Gasteiger partial charge in [0.1, 0.15) is 5.69 Å². The number of Topliss-reactive ketones (excluding diaryl/α,β-unsaturated/α-hetero) is 1. The molecule has 0 aromatic heterocycles. The fourth-order valence-corrected chi connectivity index (χ4v) is 1.59. The third kappa shape index (κ3) is 2.15. The van der Waals surface area contributed by atoms with Crippen LogP contribution in [0.25, 0.3) is 0 Å². The summed E-state index contributed by atoms with van der Waals surface area (Å²) >= 11 is 3.01. The third-order valence-corrected chi connectivity index (χ3v) is 2.54. The zero-order valence-electron chi connectivity index (χ0n) is 7.99. The molecule has 0 atom stereocenters. The molecule has 0 saturated heterocycles. The van der Waals surface area contributed by atoms with Gasteiger partial charge in [-0.25, -0.2) is 0 Å². The van der Waals surface area contributed by atoms with Gasteiger partial charge in [0.2, 0.25) is 0 Å². The Hall–Kier alpha value is -1.43. The normalized spacial score (nSPS) is 10.0. The molecule has 0 unspecified atom stereocenters. The van der Waals surface area contributed by atoms with E-state index >= 15 is 0 Å². The second-order valence-corrected chi connectivity index (χ2v) is 3.56. The van der Waals surface area contributed by atoms with Gasteiger partial charge in [0.05, 0.1) is 15.8 Å². The number of halogens is 1. The molecule has 0 aliphatic rings. The van der Waals surface area contributed by atoms with Gasteiger partial charge < -0.3 is 5.73 Å². The van der Waals surface area contributed by atoms with Crippen molar-refractivity contribution in [3.63, 3.8) is 0 Å². The lowest BCUT2D eigenvalue weighted by Crippen LogP contribution is -2.09. The number of nitro groups is 1. The zero-order chi connectivity index (χ0) is 11.6. The smallest absolute Gasteiger partial charge is 0.292 e. The molecule has 0 aliphatic carbocycles. The molecule has 0 spiro atoms. The number of anilines is 1. The number of nitrogens with two attached hydrogens (primary N) is 1. The molecular weight excluding hydrogens is 264 g/mol. The van der Waals surface area contributed by atoms with E-state index in [0.717, 1.165) is 0 Å². The second-order valence-electron chi connectivity index (χ2n) is 3.00. The molecule has 80 valence electrons. The monoisotopic (exact) mass is 272 g/mol. The number of benzene rings is 1. The first-order valence-corrected chi connectivity index (χ1v) is 5.23. The van der Waals surface area contributed by atoms with E-state index in [2.05, 4.69) is 15.9 Å². The standard InChI is InChI=1S/C9H9BrN2O3/c1-5-2-3-6(12(14)15)9(11)8(5)7(13)4-10/h2-3H,4,11H2,1H3. The molecule has 6 heteroatoms. The van der Waals surface area contributed by atoms with Crippen LogP contribution in [0.3, 0.4) is 0 Å². The van der Waals surface area contributed by atoms with E-state index in [1.54, 1.807) is 6.92 Å². The van der Waals surface area contributed by atoms with Crippen LogP contribution in [0, 0.1) is 17.0 Å². The summed E-state index contributed by atoms with van der Waals surface area (Å²) in [6.07, 6.45) is 0. The van der Waals surface area contributed by atoms with E-state index in [0.29, 0.717) is 5.56 Å². The van der Waals surface area contributed by atoms with E-state index in [9.17, 15) is 14.9 Å². The molecule has 1 aromatic carbocycles. The summed E-state index contributed by atoms with van der Waals surface area (Å²) in [5.74, 6) is -0.256. The molecule has 2 N–H and O–H groups in total. The lowest BCUT2D eigenvalue weighted by atomic mass is 10.0. The molecule has 15 heavy (non-hydrogen) atoms. The van der Waals surface area contributed by atoms with E-state index in [-0.39, 0.29) is 28.1 Å². The maximum absolute atomic E-state index is 11.5. The van der Waals surface area contributed by atoms with Crippen LogP contribution >= 0.6 is 15.9 Å². The van der Waals surface area contributed by atoms with Gasteiger partial charge in [0.15, 0.2) is 5.78 Å². The second kappa shape index (κ2) is 4.39. The van der Waals surface area contributed by atoms with Crippen molar-refractivity contribution in [3.05, 3.63) is 33.4 Å². The number of aryl methyl sites for hydroxylation is 1. The Morgan fingerprint density at radius 2 is 2.20 bits per heavy atom. The van der Waals surface area contributed by atoms with Crippen LogP contribution in [0.2, 0.25) is 0 Å². The number of hydrogen-bond acceptors (Lipinski definition) is 4. The van der Waals surface area contributed by atoms with Crippen LogP contribution in [0.1, 0.15) is 15.9 Å². The number of nitrogens with zero attached hydrogens (tertiary/aromatic N) is 1. The Balaban J connectivity index is 3.43. The molecule has 0 saturated carbocycles. The van der Waals surface area contributed by atoms with E-state index in [1.165, 1.54) is 12.1 Å². The average Bonchev–Trinajstić information content (AvgIpc) is 2.16. The first-order chi connectivity index (χ1) is 6.99. The number of nitro benzene ring substituents is 1. The van der Waals surface area contributed by atoms with Crippen molar-refractivity contribution in [3.8, 4) is 0 Å². The highest BCUT2D eigenvalue weighted by Crippen LogP contribution is 2.28. The van der Waals surface area contributed by atoms with Crippen molar-refractivity contribution in [1.29, 1.82) is 0 Å². The summed E-state index contributed by atoms with van der Waals surface area (Å²) in [5.41, 5.74) is 6.15. The maximum Gasteiger partial charge on any atom is 0.292 e. The predicted octanol–water partition coefficient (Wildman–Crippen LogP) is 2.06. The van der Waals surface area contributed by atoms with Crippen molar-refractivity contribution in [2.24, 2.45) is 0 Å². The van der Waals surface area contributed by atoms with Crippen molar-refractivity contribution >= 4 is 33.1 Å². The molecule has 1 aromatic rings. The van der Waals surface area contributed by atoms with Crippen LogP contribution in [0.15, 0.2) is 12.1 Å². The molecule has 0 amide bonds. The quantitative estimate of drug-likeness (QED) is 0.300. The first kappa shape index (κ1) is 11.6. The van der Waals surface area contributed by atoms with Crippen LogP contribution in [0.4, 0.5) is 11.4 Å². The Labute approximate surface area is 94.5 Å². The molecule has 0 bridgehead atoms. The van der Waals surface area contributed by atoms with Gasteiger partial charge in [-0.2, -0.15) is 0 Å². The third-order valence-electron chi connectivity index (χ3n) is 2.03. The van der Waals surface area contributed by atoms with Crippen molar-refractivity contribution in [1.82, 2.24) is 0 Å².